The minimum absolute atomic E-state index is 0.225. The van der Waals surface area contributed by atoms with Crippen molar-refractivity contribution < 1.29 is 13.6 Å². The highest BCUT2D eigenvalue weighted by atomic mass is 19.1. The van der Waals surface area contributed by atoms with Crippen molar-refractivity contribution in [2.75, 3.05) is 0 Å². The molecule has 0 aliphatic heterocycles. The van der Waals surface area contributed by atoms with Gasteiger partial charge in [0.1, 0.15) is 11.6 Å². The van der Waals surface area contributed by atoms with Crippen molar-refractivity contribution in [2.24, 2.45) is 5.73 Å². The molecule has 1 aromatic heterocycles. The number of aryl methyl sites for hydroxylation is 1. The molecule has 0 radical (unpaired) electrons. The van der Waals surface area contributed by atoms with Gasteiger partial charge in [0.2, 0.25) is 0 Å². The first-order valence-corrected chi connectivity index (χ1v) is 6.35. The van der Waals surface area contributed by atoms with Crippen LogP contribution in [0.4, 0.5) is 8.78 Å². The average molecular weight is 286 g/mol. The van der Waals surface area contributed by atoms with E-state index in [1.165, 1.54) is 24.3 Å². The molecule has 2 aromatic carbocycles. The van der Waals surface area contributed by atoms with Crippen LogP contribution >= 0.6 is 0 Å². The molecule has 5 heteroatoms. The zero-order chi connectivity index (χ0) is 15.1. The number of hydrogen-bond donors (Lipinski definition) is 2. The van der Waals surface area contributed by atoms with Gasteiger partial charge in [0.05, 0.1) is 11.1 Å². The summed E-state index contributed by atoms with van der Waals surface area (Å²) in [4.78, 5) is 14.5. The van der Waals surface area contributed by atoms with Gasteiger partial charge in [-0.3, -0.25) is 4.79 Å². The summed E-state index contributed by atoms with van der Waals surface area (Å²) in [5.41, 5.74) is 7.86. The zero-order valence-corrected chi connectivity index (χ0v) is 11.2. The Morgan fingerprint density at radius 3 is 2.38 bits per heavy atom. The number of amides is 1. The molecule has 0 aliphatic carbocycles. The second kappa shape index (κ2) is 4.70. The van der Waals surface area contributed by atoms with Crippen LogP contribution in [-0.4, -0.2) is 10.9 Å². The number of aromatic nitrogens is 1. The predicted octanol–water partition coefficient (Wildman–Crippen LogP) is 3.52. The predicted molar refractivity (Wildman–Crippen MR) is 76.9 cm³/mol. The molecule has 0 saturated heterocycles. The molecule has 106 valence electrons. The number of rotatable bonds is 2. The summed E-state index contributed by atoms with van der Waals surface area (Å²) in [7, 11) is 0. The number of benzene rings is 2. The highest BCUT2D eigenvalue weighted by Crippen LogP contribution is 2.35. The van der Waals surface area contributed by atoms with Crippen LogP contribution in [0.1, 0.15) is 16.1 Å². The van der Waals surface area contributed by atoms with E-state index in [0.717, 1.165) is 0 Å². The molecule has 0 fully saturated rings. The molecule has 0 saturated carbocycles. The van der Waals surface area contributed by atoms with Gasteiger partial charge in [-0.2, -0.15) is 0 Å². The Hall–Kier alpha value is -2.69. The summed E-state index contributed by atoms with van der Waals surface area (Å²) in [6, 6.07) is 8.32. The number of primary amides is 1. The molecule has 3 rings (SSSR count). The number of carbonyl (C=O) groups is 1. The van der Waals surface area contributed by atoms with Crippen molar-refractivity contribution in [3.8, 4) is 11.1 Å². The fraction of sp³-hybridized carbons (Fsp3) is 0.0625. The molecule has 3 aromatic rings. The van der Waals surface area contributed by atoms with Gasteiger partial charge in [-0.05, 0) is 36.8 Å². The lowest BCUT2D eigenvalue weighted by Crippen LogP contribution is -2.11. The molecule has 0 aliphatic rings. The van der Waals surface area contributed by atoms with E-state index in [-0.39, 0.29) is 16.8 Å². The summed E-state index contributed by atoms with van der Waals surface area (Å²) in [5, 5.41) is 0.287. The van der Waals surface area contributed by atoms with Crippen LogP contribution < -0.4 is 5.73 Å². The Bertz CT molecular complexity index is 851. The molecule has 1 amide bonds. The van der Waals surface area contributed by atoms with Crippen LogP contribution in [0.5, 0.6) is 0 Å². The quantitative estimate of drug-likeness (QED) is 0.744. The molecular weight excluding hydrogens is 274 g/mol. The van der Waals surface area contributed by atoms with Crippen LogP contribution in [-0.2, 0) is 0 Å². The van der Waals surface area contributed by atoms with Gasteiger partial charge in [0.25, 0.3) is 5.91 Å². The van der Waals surface area contributed by atoms with Crippen LogP contribution in [0, 0.1) is 18.6 Å². The molecule has 21 heavy (non-hydrogen) atoms. The Balaban J connectivity index is 2.38. The van der Waals surface area contributed by atoms with E-state index in [9.17, 15) is 13.6 Å². The molecule has 3 nitrogen and oxygen atoms in total. The fourth-order valence-electron chi connectivity index (χ4n) is 2.57. The number of carbonyl (C=O) groups excluding carboxylic acids is 1. The summed E-state index contributed by atoms with van der Waals surface area (Å²) in [6.07, 6.45) is 0. The summed E-state index contributed by atoms with van der Waals surface area (Å²) in [5.74, 6) is -1.46. The lowest BCUT2D eigenvalue weighted by Gasteiger charge is -2.04. The Morgan fingerprint density at radius 1 is 1.10 bits per heavy atom. The van der Waals surface area contributed by atoms with E-state index in [2.05, 4.69) is 4.98 Å². The molecule has 3 N–H and O–H groups in total. The largest absolute Gasteiger partial charge is 0.366 e. The highest BCUT2D eigenvalue weighted by Gasteiger charge is 2.18. The van der Waals surface area contributed by atoms with Gasteiger partial charge in [-0.15, -0.1) is 0 Å². The monoisotopic (exact) mass is 286 g/mol. The number of halogens is 2. The first kappa shape index (κ1) is 13.3. The van der Waals surface area contributed by atoms with Crippen LogP contribution in [0.25, 0.3) is 22.0 Å². The second-order valence-corrected chi connectivity index (χ2v) is 4.84. The second-order valence-electron chi connectivity index (χ2n) is 4.84. The molecule has 0 atom stereocenters. The first-order chi connectivity index (χ1) is 9.99. The van der Waals surface area contributed by atoms with Crippen LogP contribution in [0.2, 0.25) is 0 Å². The van der Waals surface area contributed by atoms with E-state index in [0.29, 0.717) is 22.3 Å². The number of fused-ring (bicyclic) bond motifs is 1. The number of hydrogen-bond acceptors (Lipinski definition) is 1. The van der Waals surface area contributed by atoms with E-state index < -0.39 is 11.7 Å². The number of nitrogens with two attached hydrogens (primary N) is 1. The van der Waals surface area contributed by atoms with Crippen molar-refractivity contribution in [1.82, 2.24) is 4.98 Å². The minimum Gasteiger partial charge on any atom is -0.366 e. The Morgan fingerprint density at radius 2 is 1.76 bits per heavy atom. The summed E-state index contributed by atoms with van der Waals surface area (Å²) < 4.78 is 27.3. The standard InChI is InChI=1S/C16H12F2N2O/c1-8-13(9-2-4-10(17)5-3-9)14-12(18)7-6-11(16(19)21)15(14)20-8/h2-7,20H,1H3,(H2,19,21). The molecular formula is C16H12F2N2O. The summed E-state index contributed by atoms with van der Waals surface area (Å²) in [6.45, 7) is 1.77. The van der Waals surface area contributed by atoms with Crippen molar-refractivity contribution >= 4 is 16.8 Å². The lowest BCUT2D eigenvalue weighted by molar-refractivity contribution is 0.100. The van der Waals surface area contributed by atoms with E-state index in [1.54, 1.807) is 19.1 Å². The average Bonchev–Trinajstić information content (AvgIpc) is 2.77. The van der Waals surface area contributed by atoms with E-state index in [1.807, 2.05) is 0 Å². The highest BCUT2D eigenvalue weighted by molar-refractivity contribution is 6.09. The van der Waals surface area contributed by atoms with Gasteiger partial charge >= 0.3 is 0 Å². The molecule has 0 spiro atoms. The van der Waals surface area contributed by atoms with Crippen LogP contribution in [0.15, 0.2) is 36.4 Å². The smallest absolute Gasteiger partial charge is 0.250 e. The first-order valence-electron chi connectivity index (χ1n) is 6.35. The van der Waals surface area contributed by atoms with E-state index >= 15 is 0 Å². The van der Waals surface area contributed by atoms with E-state index in [4.69, 9.17) is 5.73 Å². The molecule has 0 unspecified atom stereocenters. The SMILES string of the molecule is Cc1[nH]c2c(C(N)=O)ccc(F)c2c1-c1ccc(F)cc1. The topological polar surface area (TPSA) is 58.9 Å². The van der Waals surface area contributed by atoms with Gasteiger partial charge in [0.15, 0.2) is 0 Å². The maximum Gasteiger partial charge on any atom is 0.250 e. The third-order valence-corrected chi connectivity index (χ3v) is 3.49. The van der Waals surface area contributed by atoms with Gasteiger partial charge in [-0.1, -0.05) is 12.1 Å². The third kappa shape index (κ3) is 2.07. The number of H-pyrrole nitrogens is 1. The molecule has 1 heterocycles. The maximum atomic E-state index is 14.2. The summed E-state index contributed by atoms with van der Waals surface area (Å²) >= 11 is 0. The van der Waals surface area contributed by atoms with Crippen LogP contribution in [0.3, 0.4) is 0 Å². The van der Waals surface area contributed by atoms with Crippen molar-refractivity contribution in [3.05, 3.63) is 59.3 Å². The Kier molecular flexibility index (Phi) is 2.97. The normalized spacial score (nSPS) is 11.0. The fourth-order valence-corrected chi connectivity index (χ4v) is 2.57. The van der Waals surface area contributed by atoms with Crippen molar-refractivity contribution in [3.63, 3.8) is 0 Å². The van der Waals surface area contributed by atoms with Gasteiger partial charge in [0, 0.05) is 16.6 Å². The lowest BCUT2D eigenvalue weighted by atomic mass is 10.0. The maximum absolute atomic E-state index is 14.2. The van der Waals surface area contributed by atoms with Gasteiger partial charge in [-0.25, -0.2) is 8.78 Å². The third-order valence-electron chi connectivity index (χ3n) is 3.49. The number of aromatic amines is 1. The zero-order valence-electron chi connectivity index (χ0n) is 11.2. The van der Waals surface area contributed by atoms with Crippen molar-refractivity contribution in [1.29, 1.82) is 0 Å². The van der Waals surface area contributed by atoms with Gasteiger partial charge < -0.3 is 10.7 Å². The van der Waals surface area contributed by atoms with Crippen molar-refractivity contribution in [2.45, 2.75) is 6.92 Å². The number of nitrogens with one attached hydrogen (secondary N) is 1. The molecule has 0 bridgehead atoms. The minimum atomic E-state index is -0.632. The Labute approximate surface area is 119 Å².